The molecule has 0 aliphatic heterocycles. The normalized spacial score (nSPS) is 36.0. The number of fused-ring (bicyclic) bond motifs is 5. The first-order valence-corrected chi connectivity index (χ1v) is 17.0. The van der Waals surface area contributed by atoms with Gasteiger partial charge in [0.2, 0.25) is 6.33 Å². The summed E-state index contributed by atoms with van der Waals surface area (Å²) in [5.74, 6) is 5.23. The highest BCUT2D eigenvalue weighted by Gasteiger charge is 2.59. The second kappa shape index (κ2) is 12.3. The van der Waals surface area contributed by atoms with Crippen molar-refractivity contribution >= 4 is 5.97 Å². The number of ether oxygens (including phenoxy) is 1. The van der Waals surface area contributed by atoms with E-state index in [-0.39, 0.29) is 12.1 Å². The van der Waals surface area contributed by atoms with Crippen molar-refractivity contribution in [3.8, 4) is 0 Å². The maximum Gasteiger partial charge on any atom is 0.306 e. The van der Waals surface area contributed by atoms with Crippen molar-refractivity contribution in [2.45, 2.75) is 137 Å². The van der Waals surface area contributed by atoms with Crippen LogP contribution in [-0.2, 0) is 23.1 Å². The molecule has 4 aliphatic carbocycles. The molecule has 3 fully saturated rings. The molecule has 4 nitrogen and oxygen atoms in total. The fourth-order valence-corrected chi connectivity index (χ4v) is 10.2. The summed E-state index contributed by atoms with van der Waals surface area (Å²) in [6, 6.07) is 0. The van der Waals surface area contributed by atoms with Gasteiger partial charge in [-0.2, -0.15) is 0 Å². The zero-order chi connectivity index (χ0) is 28.5. The van der Waals surface area contributed by atoms with E-state index < -0.39 is 0 Å². The molecule has 5 rings (SSSR count). The van der Waals surface area contributed by atoms with Gasteiger partial charge in [0.05, 0.1) is 13.6 Å². The van der Waals surface area contributed by atoms with Crippen molar-refractivity contribution < 1.29 is 14.1 Å². The summed E-state index contributed by atoms with van der Waals surface area (Å²) in [5, 5.41) is 0. The van der Waals surface area contributed by atoms with Crippen LogP contribution in [0.1, 0.15) is 125 Å². The molecule has 0 radical (unpaired) electrons. The van der Waals surface area contributed by atoms with E-state index in [9.17, 15) is 4.79 Å². The number of imidazole rings is 1. The second-order valence-corrected chi connectivity index (χ2v) is 15.4. The van der Waals surface area contributed by atoms with Crippen LogP contribution in [0.4, 0.5) is 0 Å². The zero-order valence-corrected chi connectivity index (χ0v) is 26.7. The third-order valence-electron chi connectivity index (χ3n) is 12.4. The monoisotopic (exact) mass is 551 g/mol. The minimum Gasteiger partial charge on any atom is -0.462 e. The van der Waals surface area contributed by atoms with E-state index in [4.69, 9.17) is 4.74 Å². The Labute approximate surface area is 245 Å². The van der Waals surface area contributed by atoms with Crippen LogP contribution in [0.25, 0.3) is 0 Å². The lowest BCUT2D eigenvalue weighted by Gasteiger charge is -2.58. The molecular weight excluding hydrogens is 492 g/mol. The molecule has 0 aromatic carbocycles. The molecule has 4 heteroatoms. The van der Waals surface area contributed by atoms with E-state index in [0.717, 1.165) is 67.7 Å². The smallest absolute Gasteiger partial charge is 0.306 e. The number of nitrogens with zero attached hydrogens (tertiary/aromatic N) is 2. The number of rotatable bonds is 11. The van der Waals surface area contributed by atoms with Crippen LogP contribution in [0.15, 0.2) is 30.4 Å². The largest absolute Gasteiger partial charge is 0.462 e. The summed E-state index contributed by atoms with van der Waals surface area (Å²) in [6.45, 7) is 13.6. The average molecular weight is 552 g/mol. The van der Waals surface area contributed by atoms with Crippen molar-refractivity contribution in [2.24, 2.45) is 53.4 Å². The molecule has 0 spiro atoms. The molecule has 40 heavy (non-hydrogen) atoms. The van der Waals surface area contributed by atoms with Crippen LogP contribution >= 0.6 is 0 Å². The minimum atomic E-state index is 0.00824. The van der Waals surface area contributed by atoms with Gasteiger partial charge in [0.15, 0.2) is 0 Å². The first kappa shape index (κ1) is 29.9. The average Bonchev–Trinajstić information content (AvgIpc) is 3.48. The maximum absolute atomic E-state index is 12.7. The lowest BCUT2D eigenvalue weighted by Crippen LogP contribution is -2.51. The van der Waals surface area contributed by atoms with Crippen LogP contribution in [-0.4, -0.2) is 16.6 Å². The van der Waals surface area contributed by atoms with Crippen LogP contribution in [0, 0.1) is 46.3 Å². The summed E-state index contributed by atoms with van der Waals surface area (Å²) in [4.78, 5) is 12.7. The minimum absolute atomic E-state index is 0.00824. The Balaban J connectivity index is 1.14. The van der Waals surface area contributed by atoms with Crippen LogP contribution in [0.2, 0.25) is 0 Å². The Morgan fingerprint density at radius 1 is 1.05 bits per heavy atom. The molecule has 1 aromatic heterocycles. The molecule has 0 amide bonds. The quantitative estimate of drug-likeness (QED) is 0.120. The first-order valence-electron chi connectivity index (χ1n) is 17.0. The molecule has 0 bridgehead atoms. The van der Waals surface area contributed by atoms with E-state index >= 15 is 0 Å². The fraction of sp³-hybridized carbons (Fsp3) is 0.833. The SMILES string of the molecule is CC(C)CCC[C@@H](C)[C@H]1CC[C@H]2[C@@H]3CC=C4C[C@@H](OC(=O)CCCCn5cc[n+](C)c5)CC[C@]4(C)[C@H]3CC[C@]12C. The van der Waals surface area contributed by atoms with Gasteiger partial charge < -0.3 is 4.74 Å². The molecule has 224 valence electrons. The first-order chi connectivity index (χ1) is 19.1. The molecular formula is C36H59N2O2+. The number of aryl methyl sites for hydroxylation is 2. The fourth-order valence-electron chi connectivity index (χ4n) is 10.2. The lowest BCUT2D eigenvalue weighted by molar-refractivity contribution is -0.671. The van der Waals surface area contributed by atoms with Crippen molar-refractivity contribution in [3.05, 3.63) is 30.4 Å². The predicted octanol–water partition coefficient (Wildman–Crippen LogP) is 8.44. The molecule has 1 aromatic rings. The molecule has 0 unspecified atom stereocenters. The van der Waals surface area contributed by atoms with Crippen LogP contribution in [0.5, 0.6) is 0 Å². The van der Waals surface area contributed by atoms with E-state index in [2.05, 4.69) is 68.5 Å². The van der Waals surface area contributed by atoms with E-state index in [1.807, 2.05) is 7.05 Å². The van der Waals surface area contributed by atoms with E-state index in [0.29, 0.717) is 17.3 Å². The molecule has 8 atom stereocenters. The van der Waals surface area contributed by atoms with Crippen molar-refractivity contribution in [2.75, 3.05) is 0 Å². The molecule has 4 aliphatic rings. The van der Waals surface area contributed by atoms with Gasteiger partial charge in [-0.05, 0) is 104 Å². The van der Waals surface area contributed by atoms with E-state index in [1.54, 1.807) is 5.57 Å². The number of carbonyl (C=O) groups is 1. The Morgan fingerprint density at radius 2 is 1.88 bits per heavy atom. The van der Waals surface area contributed by atoms with Gasteiger partial charge in [0, 0.05) is 12.8 Å². The van der Waals surface area contributed by atoms with Crippen molar-refractivity contribution in [1.82, 2.24) is 4.57 Å². The van der Waals surface area contributed by atoms with Crippen LogP contribution < -0.4 is 4.57 Å². The number of hydrogen-bond donors (Lipinski definition) is 0. The summed E-state index contributed by atoms with van der Waals surface area (Å²) in [5.41, 5.74) is 2.49. The maximum atomic E-state index is 12.7. The number of esters is 1. The third-order valence-corrected chi connectivity index (χ3v) is 12.4. The second-order valence-electron chi connectivity index (χ2n) is 15.4. The summed E-state index contributed by atoms with van der Waals surface area (Å²) >= 11 is 0. The van der Waals surface area contributed by atoms with Crippen LogP contribution in [0.3, 0.4) is 0 Å². The van der Waals surface area contributed by atoms with Gasteiger partial charge in [-0.25, -0.2) is 9.13 Å². The number of aromatic nitrogens is 2. The van der Waals surface area contributed by atoms with Gasteiger partial charge in [-0.15, -0.1) is 0 Å². The Kier molecular flexibility index (Phi) is 9.22. The summed E-state index contributed by atoms with van der Waals surface area (Å²) in [7, 11) is 2.04. The Bertz CT molecular complexity index is 1040. The van der Waals surface area contributed by atoms with Gasteiger partial charge in [-0.3, -0.25) is 4.79 Å². The highest BCUT2D eigenvalue weighted by Crippen LogP contribution is 2.67. The van der Waals surface area contributed by atoms with Gasteiger partial charge in [-0.1, -0.05) is 65.5 Å². The standard InChI is InChI=1S/C36H59N2O2/c1-26(2)10-9-11-27(3)31-15-16-32-30-14-13-28-24-29(17-19-35(28,4)33(30)18-20-36(31,32)5)40-34(39)12-7-8-21-38-23-22-37(6)25-38/h13,22-23,25-27,29-33H,7-12,14-21,24H2,1-6H3/q+1/t27-,29+,30+,31-,32+,33+,35+,36-/m1/s1. The molecule has 0 N–H and O–H groups in total. The van der Waals surface area contributed by atoms with Crippen molar-refractivity contribution in [1.29, 1.82) is 0 Å². The highest BCUT2D eigenvalue weighted by atomic mass is 16.5. The molecule has 3 saturated carbocycles. The van der Waals surface area contributed by atoms with Gasteiger partial charge in [0.1, 0.15) is 18.5 Å². The Morgan fingerprint density at radius 3 is 2.62 bits per heavy atom. The topological polar surface area (TPSA) is 35.1 Å². The highest BCUT2D eigenvalue weighted by molar-refractivity contribution is 5.69. The van der Waals surface area contributed by atoms with E-state index in [1.165, 1.54) is 57.8 Å². The van der Waals surface area contributed by atoms with Gasteiger partial charge in [0.25, 0.3) is 0 Å². The molecule has 1 heterocycles. The molecule has 0 saturated heterocycles. The lowest BCUT2D eigenvalue weighted by atomic mass is 9.47. The third kappa shape index (κ3) is 6.12. The number of allylic oxidation sites excluding steroid dienone is 1. The van der Waals surface area contributed by atoms with Gasteiger partial charge >= 0.3 is 5.97 Å². The number of unbranched alkanes of at least 4 members (excludes halogenated alkanes) is 1. The predicted molar refractivity (Wildman–Crippen MR) is 162 cm³/mol. The summed E-state index contributed by atoms with van der Waals surface area (Å²) in [6.07, 6.45) is 25.9. The summed E-state index contributed by atoms with van der Waals surface area (Å²) < 4.78 is 10.3. The Hall–Kier alpha value is -1.58. The number of hydrogen-bond acceptors (Lipinski definition) is 2. The van der Waals surface area contributed by atoms with Crippen molar-refractivity contribution in [3.63, 3.8) is 0 Å². The zero-order valence-electron chi connectivity index (χ0n) is 26.7. The number of carbonyl (C=O) groups excluding carboxylic acids is 1.